The van der Waals surface area contributed by atoms with E-state index in [1.807, 2.05) is 0 Å². The third-order valence-corrected chi connectivity index (χ3v) is 4.91. The fourth-order valence-corrected chi connectivity index (χ4v) is 3.26. The third-order valence-electron chi connectivity index (χ3n) is 4.66. The number of carbonyl (C=O) groups is 1. The van der Waals surface area contributed by atoms with E-state index in [9.17, 15) is 14.7 Å². The van der Waals surface area contributed by atoms with Crippen LogP contribution in [-0.2, 0) is 18.5 Å². The lowest BCUT2D eigenvalue weighted by atomic mass is 10.0. The van der Waals surface area contributed by atoms with Crippen LogP contribution < -0.4 is 15.3 Å². The molecule has 1 aliphatic heterocycles. The van der Waals surface area contributed by atoms with Crippen molar-refractivity contribution in [3.8, 4) is 11.5 Å². The van der Waals surface area contributed by atoms with Crippen LogP contribution in [0, 0.1) is 0 Å². The van der Waals surface area contributed by atoms with Gasteiger partial charge in [-0.15, -0.1) is 0 Å². The normalized spacial score (nSPS) is 12.7. The molecule has 7 nitrogen and oxygen atoms in total. The van der Waals surface area contributed by atoms with Crippen LogP contribution >= 0.6 is 11.6 Å². The summed E-state index contributed by atoms with van der Waals surface area (Å²) in [7, 11) is 3.05. The number of aryl methyl sites for hydroxylation is 1. The summed E-state index contributed by atoms with van der Waals surface area (Å²) in [5, 5.41) is 11.6. The molecule has 0 saturated heterocycles. The number of hydrogen-bond acceptors (Lipinski definition) is 5. The van der Waals surface area contributed by atoms with Gasteiger partial charge in [0.15, 0.2) is 5.75 Å². The first kappa shape index (κ1) is 17.4. The predicted molar refractivity (Wildman–Crippen MR) is 100 cm³/mol. The number of anilines is 1. The summed E-state index contributed by atoms with van der Waals surface area (Å²) in [6, 6.07) is 10.0. The summed E-state index contributed by atoms with van der Waals surface area (Å²) in [6.07, 6.45) is 0. The molecule has 0 bridgehead atoms. The number of aromatic hydroxyl groups is 1. The first-order valence-corrected chi connectivity index (χ1v) is 8.48. The van der Waals surface area contributed by atoms with E-state index in [1.165, 1.54) is 23.6 Å². The van der Waals surface area contributed by atoms with Gasteiger partial charge in [0.2, 0.25) is 0 Å². The average Bonchev–Trinajstić information content (AvgIpc) is 3.14. The van der Waals surface area contributed by atoms with Gasteiger partial charge in [0.05, 0.1) is 10.9 Å². The molecule has 27 heavy (non-hydrogen) atoms. The highest BCUT2D eigenvalue weighted by Gasteiger charge is 2.29. The average molecular weight is 387 g/mol. The van der Waals surface area contributed by atoms with Crippen LogP contribution in [0.25, 0.3) is 10.9 Å². The van der Waals surface area contributed by atoms with Gasteiger partial charge in [-0.1, -0.05) is 17.7 Å². The van der Waals surface area contributed by atoms with E-state index in [4.69, 9.17) is 21.4 Å². The molecule has 0 radical (unpaired) electrons. The van der Waals surface area contributed by atoms with Gasteiger partial charge in [-0.2, -0.15) is 4.89 Å². The number of nitrogens with zero attached hydrogens (tertiary/aromatic N) is 2. The molecule has 0 saturated carbocycles. The molecule has 138 valence electrons. The zero-order valence-corrected chi connectivity index (χ0v) is 15.3. The maximum absolute atomic E-state index is 13.0. The fourth-order valence-electron chi connectivity index (χ4n) is 3.13. The number of benzene rings is 2. The van der Waals surface area contributed by atoms with Crippen LogP contribution in [0.2, 0.25) is 5.02 Å². The molecule has 2 heterocycles. The number of hydrogen-bond donors (Lipinski definition) is 1. The zero-order valence-electron chi connectivity index (χ0n) is 14.5. The van der Waals surface area contributed by atoms with Crippen molar-refractivity contribution in [3.63, 3.8) is 0 Å². The van der Waals surface area contributed by atoms with Gasteiger partial charge in [0.1, 0.15) is 17.9 Å². The predicted octanol–water partition coefficient (Wildman–Crippen LogP) is 3.00. The smallest absolute Gasteiger partial charge is 0.267 e. The lowest BCUT2D eigenvalue weighted by Gasteiger charge is -2.19. The monoisotopic (exact) mass is 386 g/mol. The van der Waals surface area contributed by atoms with Gasteiger partial charge in [-0.05, 0) is 30.3 Å². The summed E-state index contributed by atoms with van der Waals surface area (Å²) in [5.41, 5.74) is 0.744. The lowest BCUT2D eigenvalue weighted by molar-refractivity contribution is -0.193. The van der Waals surface area contributed by atoms with Crippen LogP contribution in [0.4, 0.5) is 5.69 Å². The van der Waals surface area contributed by atoms with Crippen LogP contribution in [0.1, 0.15) is 15.9 Å². The second kappa shape index (κ2) is 6.29. The molecular formula is C19H15ClN2O5. The molecule has 0 unspecified atom stereocenters. The maximum atomic E-state index is 13.0. The molecule has 3 aromatic rings. The fraction of sp³-hybridized carbons (Fsp3) is 0.158. The van der Waals surface area contributed by atoms with Gasteiger partial charge >= 0.3 is 0 Å². The second-order valence-corrected chi connectivity index (χ2v) is 6.66. The molecule has 4 rings (SSSR count). The molecule has 1 aliphatic rings. The van der Waals surface area contributed by atoms with E-state index in [1.54, 1.807) is 36.4 Å². The highest BCUT2D eigenvalue weighted by atomic mass is 35.5. The van der Waals surface area contributed by atoms with Crippen molar-refractivity contribution in [3.05, 3.63) is 62.9 Å². The van der Waals surface area contributed by atoms with E-state index in [2.05, 4.69) is 0 Å². The minimum Gasteiger partial charge on any atom is -0.506 e. The zero-order chi connectivity index (χ0) is 19.3. The van der Waals surface area contributed by atoms with Gasteiger partial charge in [-0.25, -0.2) is 0 Å². The van der Waals surface area contributed by atoms with Gasteiger partial charge in [-0.3, -0.25) is 9.59 Å². The van der Waals surface area contributed by atoms with E-state index in [0.717, 1.165) is 5.56 Å². The third kappa shape index (κ3) is 2.63. The molecule has 0 spiro atoms. The summed E-state index contributed by atoms with van der Waals surface area (Å²) >= 11 is 5.88. The van der Waals surface area contributed by atoms with Gasteiger partial charge in [0.25, 0.3) is 11.5 Å². The Balaban J connectivity index is 1.92. The van der Waals surface area contributed by atoms with Crippen LogP contribution in [-0.4, -0.2) is 22.6 Å². The van der Waals surface area contributed by atoms with Gasteiger partial charge in [0, 0.05) is 30.4 Å². The van der Waals surface area contributed by atoms with Crippen molar-refractivity contribution in [2.45, 2.75) is 6.61 Å². The van der Waals surface area contributed by atoms with Crippen molar-refractivity contribution in [1.29, 1.82) is 0 Å². The number of carbonyl (C=O) groups excluding carboxylic acids is 1. The Morgan fingerprint density at radius 2 is 1.93 bits per heavy atom. The summed E-state index contributed by atoms with van der Waals surface area (Å²) < 4.78 is 1.31. The van der Waals surface area contributed by atoms with Gasteiger partial charge < -0.3 is 19.5 Å². The van der Waals surface area contributed by atoms with Crippen molar-refractivity contribution in [1.82, 2.24) is 4.57 Å². The minimum absolute atomic E-state index is 0.224. The molecule has 0 aliphatic carbocycles. The second-order valence-electron chi connectivity index (χ2n) is 6.22. The van der Waals surface area contributed by atoms with E-state index < -0.39 is 17.2 Å². The van der Waals surface area contributed by atoms with Crippen LogP contribution in [0.3, 0.4) is 0 Å². The highest BCUT2D eigenvalue weighted by Crippen LogP contribution is 2.40. The minimum atomic E-state index is -0.645. The molecule has 2 aromatic carbocycles. The molecule has 0 atom stereocenters. The SMILES string of the molecule is CN(C(=O)c1c(O)c2c3c(ccc2n(C)c1=O)COO3)c1ccc(Cl)cc1. The number of pyridine rings is 1. The number of amides is 1. The Morgan fingerprint density at radius 1 is 1.22 bits per heavy atom. The highest BCUT2D eigenvalue weighted by molar-refractivity contribution is 6.30. The van der Waals surface area contributed by atoms with E-state index >= 15 is 0 Å². The number of aromatic nitrogens is 1. The molecule has 1 N–H and O–H groups in total. The molecule has 1 aromatic heterocycles. The maximum Gasteiger partial charge on any atom is 0.267 e. The Labute approximate surface area is 158 Å². The Kier molecular flexibility index (Phi) is 4.05. The number of rotatable bonds is 2. The standard InChI is InChI=1S/C19H15ClN2O5/c1-21(12-6-4-11(20)5-7-12)18(24)15-16(23)14-13(22(2)19(15)25)8-3-10-9-26-27-17(10)14/h3-8,23H,9H2,1-2H3. The molecule has 1 amide bonds. The Bertz CT molecular complexity index is 1140. The van der Waals surface area contributed by atoms with E-state index in [-0.39, 0.29) is 17.6 Å². The lowest BCUT2D eigenvalue weighted by Crippen LogP contribution is -2.34. The molecular weight excluding hydrogens is 372 g/mol. The Hall–Kier alpha value is -3.03. The van der Waals surface area contributed by atoms with Crippen molar-refractivity contribution in [2.24, 2.45) is 7.05 Å². The molecule has 0 fully saturated rings. The summed E-state index contributed by atoms with van der Waals surface area (Å²) in [4.78, 5) is 37.2. The molecule has 8 heteroatoms. The van der Waals surface area contributed by atoms with Crippen molar-refractivity contribution >= 4 is 34.1 Å². The topological polar surface area (TPSA) is 81.0 Å². The summed E-state index contributed by atoms with van der Waals surface area (Å²) in [6.45, 7) is 0.224. The first-order valence-electron chi connectivity index (χ1n) is 8.10. The summed E-state index contributed by atoms with van der Waals surface area (Å²) in [5.74, 6) is -0.765. The quantitative estimate of drug-likeness (QED) is 0.685. The van der Waals surface area contributed by atoms with Crippen LogP contribution in [0.15, 0.2) is 41.2 Å². The number of fused-ring (bicyclic) bond motifs is 3. The largest absolute Gasteiger partial charge is 0.506 e. The van der Waals surface area contributed by atoms with Crippen molar-refractivity contribution in [2.75, 3.05) is 11.9 Å². The first-order chi connectivity index (χ1) is 12.9. The van der Waals surface area contributed by atoms with Crippen LogP contribution in [0.5, 0.6) is 11.5 Å². The Morgan fingerprint density at radius 3 is 2.63 bits per heavy atom. The number of halogens is 1. The van der Waals surface area contributed by atoms with E-state index in [0.29, 0.717) is 22.0 Å². The van der Waals surface area contributed by atoms with Crippen molar-refractivity contribution < 1.29 is 19.7 Å².